The van der Waals surface area contributed by atoms with E-state index in [1.54, 1.807) is 0 Å². The largest absolute Gasteiger partial charge is 0.381 e. The molecule has 104 valence electrons. The fraction of sp³-hybridized carbons (Fsp3) is 0.933. The fourth-order valence-corrected chi connectivity index (χ4v) is 3.75. The molecule has 3 nitrogen and oxygen atoms in total. The second-order valence-corrected chi connectivity index (χ2v) is 6.02. The van der Waals surface area contributed by atoms with Crippen LogP contribution in [0.15, 0.2) is 0 Å². The van der Waals surface area contributed by atoms with Gasteiger partial charge in [-0.1, -0.05) is 26.2 Å². The van der Waals surface area contributed by atoms with E-state index >= 15 is 0 Å². The minimum atomic E-state index is -0.270. The third kappa shape index (κ3) is 2.62. The molecule has 2 unspecified atom stereocenters. The number of ether oxygens (including phenoxy) is 1. The third-order valence-corrected chi connectivity index (χ3v) is 5.13. The van der Waals surface area contributed by atoms with Gasteiger partial charge in [-0.05, 0) is 31.6 Å². The number of rotatable bonds is 4. The van der Waals surface area contributed by atoms with E-state index < -0.39 is 0 Å². The topological polar surface area (TPSA) is 52.3 Å². The molecule has 1 aliphatic heterocycles. The minimum Gasteiger partial charge on any atom is -0.381 e. The predicted molar refractivity (Wildman–Crippen MR) is 72.3 cm³/mol. The first kappa shape index (κ1) is 14.0. The first-order valence-corrected chi connectivity index (χ1v) is 7.55. The lowest BCUT2D eigenvalue weighted by atomic mass is 9.65. The number of carbonyl (C=O) groups excluding carboxylic acids is 1. The Kier molecular flexibility index (Phi) is 4.79. The lowest BCUT2D eigenvalue weighted by Crippen LogP contribution is -2.48. The molecule has 2 N–H and O–H groups in total. The van der Waals surface area contributed by atoms with Crippen LogP contribution in [0, 0.1) is 17.3 Å². The van der Waals surface area contributed by atoms with Crippen LogP contribution in [0.4, 0.5) is 0 Å². The van der Waals surface area contributed by atoms with Crippen molar-refractivity contribution in [1.82, 2.24) is 0 Å². The van der Waals surface area contributed by atoms with Gasteiger partial charge in [0.05, 0.1) is 0 Å². The van der Waals surface area contributed by atoms with Crippen molar-refractivity contribution in [2.75, 3.05) is 19.8 Å². The maximum Gasteiger partial charge on any atom is 0.143 e. The van der Waals surface area contributed by atoms with Gasteiger partial charge in [-0.15, -0.1) is 0 Å². The lowest BCUT2D eigenvalue weighted by molar-refractivity contribution is -0.140. The van der Waals surface area contributed by atoms with E-state index in [9.17, 15) is 4.79 Å². The normalized spacial score (nSPS) is 32.1. The number of Topliss-reactive ketones (excluding diaryl/α,β-unsaturated/α-hetero) is 1. The summed E-state index contributed by atoms with van der Waals surface area (Å²) < 4.78 is 5.41. The second kappa shape index (κ2) is 6.16. The molecular weight excluding hydrogens is 226 g/mol. The van der Waals surface area contributed by atoms with E-state index in [0.29, 0.717) is 31.5 Å². The van der Waals surface area contributed by atoms with E-state index in [-0.39, 0.29) is 11.3 Å². The highest BCUT2D eigenvalue weighted by Gasteiger charge is 2.44. The zero-order chi connectivity index (χ0) is 13.0. The van der Waals surface area contributed by atoms with Crippen molar-refractivity contribution in [3.8, 4) is 0 Å². The Labute approximate surface area is 110 Å². The van der Waals surface area contributed by atoms with Crippen molar-refractivity contribution in [2.24, 2.45) is 23.0 Å². The zero-order valence-corrected chi connectivity index (χ0v) is 11.6. The highest BCUT2D eigenvalue weighted by atomic mass is 16.5. The average Bonchev–Trinajstić information content (AvgIpc) is 2.47. The molecule has 0 aromatic heterocycles. The van der Waals surface area contributed by atoms with Crippen molar-refractivity contribution in [3.05, 3.63) is 0 Å². The van der Waals surface area contributed by atoms with Crippen molar-refractivity contribution >= 4 is 5.78 Å². The summed E-state index contributed by atoms with van der Waals surface area (Å²) in [4.78, 5) is 12.9. The fourth-order valence-electron chi connectivity index (χ4n) is 3.75. The summed E-state index contributed by atoms with van der Waals surface area (Å²) in [6, 6.07) is 0. The minimum absolute atomic E-state index is 0.269. The van der Waals surface area contributed by atoms with Gasteiger partial charge < -0.3 is 10.5 Å². The monoisotopic (exact) mass is 253 g/mol. The van der Waals surface area contributed by atoms with E-state index in [4.69, 9.17) is 10.5 Å². The molecule has 0 bridgehead atoms. The molecule has 0 spiro atoms. The van der Waals surface area contributed by atoms with Crippen LogP contribution in [0.1, 0.15) is 51.9 Å². The van der Waals surface area contributed by atoms with Crippen LogP contribution in [-0.4, -0.2) is 25.5 Å². The summed E-state index contributed by atoms with van der Waals surface area (Å²) in [6.07, 6.45) is 7.60. The Bertz CT molecular complexity index is 284. The molecule has 0 aromatic carbocycles. The molecule has 0 aromatic rings. The molecule has 3 heteroatoms. The third-order valence-electron chi connectivity index (χ3n) is 5.13. The molecule has 0 amide bonds. The second-order valence-electron chi connectivity index (χ2n) is 6.02. The van der Waals surface area contributed by atoms with E-state index in [1.807, 2.05) is 0 Å². The molecule has 1 saturated heterocycles. The quantitative estimate of drug-likeness (QED) is 0.837. The summed E-state index contributed by atoms with van der Waals surface area (Å²) >= 11 is 0. The van der Waals surface area contributed by atoms with Crippen LogP contribution < -0.4 is 5.73 Å². The summed E-state index contributed by atoms with van der Waals surface area (Å²) in [5, 5.41) is 0. The van der Waals surface area contributed by atoms with E-state index in [0.717, 1.165) is 25.7 Å². The molecule has 2 fully saturated rings. The van der Waals surface area contributed by atoms with Crippen LogP contribution in [-0.2, 0) is 9.53 Å². The molecule has 1 aliphatic carbocycles. The first-order chi connectivity index (χ1) is 8.73. The smallest absolute Gasteiger partial charge is 0.143 e. The van der Waals surface area contributed by atoms with Gasteiger partial charge in [0.25, 0.3) is 0 Å². The molecule has 2 atom stereocenters. The highest BCUT2D eigenvalue weighted by molar-refractivity contribution is 5.87. The highest BCUT2D eigenvalue weighted by Crippen LogP contribution is 2.41. The van der Waals surface area contributed by atoms with E-state index in [2.05, 4.69) is 6.92 Å². The Morgan fingerprint density at radius 1 is 1.28 bits per heavy atom. The van der Waals surface area contributed by atoms with Gasteiger partial charge in [-0.25, -0.2) is 0 Å². The SMILES string of the molecule is CCC1CCCCC1C(=O)C1(CN)CCOCC1. The summed E-state index contributed by atoms with van der Waals surface area (Å²) in [7, 11) is 0. The van der Waals surface area contributed by atoms with Crippen molar-refractivity contribution < 1.29 is 9.53 Å². The molecule has 2 rings (SSSR count). The Morgan fingerprint density at radius 3 is 2.56 bits per heavy atom. The Hall–Kier alpha value is -0.410. The molecule has 2 aliphatic rings. The number of nitrogens with two attached hydrogens (primary N) is 1. The maximum absolute atomic E-state index is 12.9. The maximum atomic E-state index is 12.9. The van der Waals surface area contributed by atoms with Crippen LogP contribution >= 0.6 is 0 Å². The van der Waals surface area contributed by atoms with Gasteiger partial charge in [0, 0.05) is 31.1 Å². The van der Waals surface area contributed by atoms with Crippen LogP contribution in [0.2, 0.25) is 0 Å². The van der Waals surface area contributed by atoms with Gasteiger partial charge >= 0.3 is 0 Å². The summed E-state index contributed by atoms with van der Waals surface area (Å²) in [6.45, 7) is 4.12. The van der Waals surface area contributed by atoms with Gasteiger partial charge in [0.2, 0.25) is 0 Å². The average molecular weight is 253 g/mol. The molecule has 1 saturated carbocycles. The van der Waals surface area contributed by atoms with Gasteiger partial charge in [0.15, 0.2) is 0 Å². The Balaban J connectivity index is 2.11. The number of hydrogen-bond donors (Lipinski definition) is 1. The lowest BCUT2D eigenvalue weighted by Gasteiger charge is -2.40. The van der Waals surface area contributed by atoms with Crippen molar-refractivity contribution in [2.45, 2.75) is 51.9 Å². The number of hydrogen-bond acceptors (Lipinski definition) is 3. The van der Waals surface area contributed by atoms with Crippen LogP contribution in [0.3, 0.4) is 0 Å². The summed E-state index contributed by atoms with van der Waals surface area (Å²) in [5.74, 6) is 1.32. The van der Waals surface area contributed by atoms with Crippen molar-refractivity contribution in [1.29, 1.82) is 0 Å². The van der Waals surface area contributed by atoms with Gasteiger partial charge in [0.1, 0.15) is 5.78 Å². The molecule has 18 heavy (non-hydrogen) atoms. The Morgan fingerprint density at radius 2 is 1.94 bits per heavy atom. The standard InChI is InChI=1S/C15H27NO2/c1-2-12-5-3-4-6-13(12)14(17)15(11-16)7-9-18-10-8-15/h12-13H,2-11,16H2,1H3. The van der Waals surface area contributed by atoms with Crippen molar-refractivity contribution in [3.63, 3.8) is 0 Å². The van der Waals surface area contributed by atoms with Crippen LogP contribution in [0.5, 0.6) is 0 Å². The van der Waals surface area contributed by atoms with Crippen LogP contribution in [0.25, 0.3) is 0 Å². The predicted octanol–water partition coefficient (Wildman–Crippen LogP) is 2.53. The van der Waals surface area contributed by atoms with E-state index in [1.165, 1.54) is 19.3 Å². The molecule has 1 heterocycles. The van der Waals surface area contributed by atoms with Gasteiger partial charge in [-0.2, -0.15) is 0 Å². The van der Waals surface area contributed by atoms with Gasteiger partial charge in [-0.3, -0.25) is 4.79 Å². The molecule has 0 radical (unpaired) electrons. The molecular formula is C15H27NO2. The zero-order valence-electron chi connectivity index (χ0n) is 11.6. The first-order valence-electron chi connectivity index (χ1n) is 7.55. The summed E-state index contributed by atoms with van der Waals surface area (Å²) in [5.41, 5.74) is 5.69. The number of carbonyl (C=O) groups is 1. The number of ketones is 1.